The molecule has 2 amide bonds. The van der Waals surface area contributed by atoms with Gasteiger partial charge in [-0.3, -0.25) is 14.5 Å². The fraction of sp³-hybridized carbons (Fsp3) is 0.364. The van der Waals surface area contributed by atoms with Crippen molar-refractivity contribution < 1.29 is 14.3 Å². The molecule has 2 aliphatic heterocycles. The van der Waals surface area contributed by atoms with E-state index in [0.717, 1.165) is 26.2 Å². The van der Waals surface area contributed by atoms with Gasteiger partial charge < -0.3 is 9.64 Å². The zero-order chi connectivity index (χ0) is 19.5. The Morgan fingerprint density at radius 2 is 1.61 bits per heavy atom. The summed E-state index contributed by atoms with van der Waals surface area (Å²) >= 11 is 0. The van der Waals surface area contributed by atoms with Crippen molar-refractivity contribution in [2.75, 3.05) is 42.6 Å². The van der Waals surface area contributed by atoms with Crippen molar-refractivity contribution >= 4 is 23.2 Å². The van der Waals surface area contributed by atoms with Gasteiger partial charge in [-0.15, -0.1) is 0 Å². The van der Waals surface area contributed by atoms with E-state index < -0.39 is 0 Å². The molecule has 0 saturated carbocycles. The molecule has 0 N–H and O–H groups in total. The van der Waals surface area contributed by atoms with Gasteiger partial charge in [-0.1, -0.05) is 30.3 Å². The number of imide groups is 1. The molecule has 146 valence electrons. The van der Waals surface area contributed by atoms with Crippen molar-refractivity contribution in [3.8, 4) is 5.75 Å². The fourth-order valence-electron chi connectivity index (χ4n) is 4.00. The van der Waals surface area contributed by atoms with Crippen LogP contribution in [-0.4, -0.2) is 55.5 Å². The Morgan fingerprint density at radius 3 is 2.32 bits per heavy atom. The third-order valence-electron chi connectivity index (χ3n) is 5.41. The number of anilines is 2. The van der Waals surface area contributed by atoms with Gasteiger partial charge in [0.1, 0.15) is 5.75 Å². The largest absolute Gasteiger partial charge is 0.492 e. The summed E-state index contributed by atoms with van der Waals surface area (Å²) in [6.07, 6.45) is 0.227. The first kappa shape index (κ1) is 18.5. The summed E-state index contributed by atoms with van der Waals surface area (Å²) in [5, 5.41) is 0. The van der Waals surface area contributed by atoms with Crippen molar-refractivity contribution in [3.63, 3.8) is 0 Å². The molecule has 2 aromatic carbocycles. The van der Waals surface area contributed by atoms with Gasteiger partial charge in [0.25, 0.3) is 5.91 Å². The van der Waals surface area contributed by atoms with E-state index >= 15 is 0 Å². The monoisotopic (exact) mass is 379 g/mol. The zero-order valence-corrected chi connectivity index (χ0v) is 16.1. The molecule has 1 atom stereocenters. The molecule has 4 rings (SSSR count). The number of hydrogen-bond acceptors (Lipinski definition) is 5. The van der Waals surface area contributed by atoms with Crippen LogP contribution in [0.1, 0.15) is 13.3 Å². The number of hydrogen-bond donors (Lipinski definition) is 0. The minimum atomic E-state index is -0.389. The van der Waals surface area contributed by atoms with Crippen LogP contribution in [0.5, 0.6) is 5.75 Å². The predicted molar refractivity (Wildman–Crippen MR) is 109 cm³/mol. The van der Waals surface area contributed by atoms with Crippen LogP contribution >= 0.6 is 0 Å². The van der Waals surface area contributed by atoms with E-state index in [1.54, 1.807) is 12.1 Å². The highest BCUT2D eigenvalue weighted by Crippen LogP contribution is 2.33. The molecule has 2 aromatic rings. The smallest absolute Gasteiger partial charge is 0.251 e. The molecular weight excluding hydrogens is 354 g/mol. The number of piperazine rings is 1. The zero-order valence-electron chi connectivity index (χ0n) is 16.1. The van der Waals surface area contributed by atoms with E-state index in [0.29, 0.717) is 18.0 Å². The van der Waals surface area contributed by atoms with Gasteiger partial charge in [0, 0.05) is 31.9 Å². The van der Waals surface area contributed by atoms with Crippen molar-refractivity contribution in [1.82, 2.24) is 4.90 Å². The summed E-state index contributed by atoms with van der Waals surface area (Å²) in [4.78, 5) is 31.6. The molecule has 2 heterocycles. The molecule has 2 aliphatic rings. The van der Waals surface area contributed by atoms with Crippen molar-refractivity contribution in [2.24, 2.45) is 0 Å². The normalized spacial score (nSPS) is 20.7. The summed E-state index contributed by atoms with van der Waals surface area (Å²) in [6.45, 7) is 5.59. The second kappa shape index (κ2) is 8.02. The second-order valence-electron chi connectivity index (χ2n) is 7.05. The summed E-state index contributed by atoms with van der Waals surface area (Å²) in [5.74, 6) is 0.263. The van der Waals surface area contributed by atoms with Crippen LogP contribution in [0.25, 0.3) is 0 Å². The number of amides is 2. The van der Waals surface area contributed by atoms with Gasteiger partial charge in [0.15, 0.2) is 0 Å². The highest BCUT2D eigenvalue weighted by Gasteiger charge is 2.44. The fourth-order valence-corrected chi connectivity index (χ4v) is 4.00. The highest BCUT2D eigenvalue weighted by atomic mass is 16.5. The van der Waals surface area contributed by atoms with E-state index in [1.807, 2.05) is 37.3 Å². The maximum atomic E-state index is 13.1. The first-order valence-corrected chi connectivity index (χ1v) is 9.81. The number of ether oxygens (including phenoxy) is 1. The number of nitrogens with zero attached hydrogens (tertiary/aromatic N) is 3. The maximum Gasteiger partial charge on any atom is 0.251 e. The minimum Gasteiger partial charge on any atom is -0.492 e. The number of rotatable bonds is 5. The summed E-state index contributed by atoms with van der Waals surface area (Å²) in [6, 6.07) is 17.1. The third kappa shape index (κ3) is 3.47. The van der Waals surface area contributed by atoms with E-state index in [4.69, 9.17) is 4.74 Å². The van der Waals surface area contributed by atoms with Gasteiger partial charge in [-0.05, 0) is 31.2 Å². The van der Waals surface area contributed by atoms with Crippen LogP contribution in [0, 0.1) is 0 Å². The summed E-state index contributed by atoms with van der Waals surface area (Å²) in [7, 11) is 0. The van der Waals surface area contributed by atoms with Gasteiger partial charge in [-0.25, -0.2) is 4.90 Å². The van der Waals surface area contributed by atoms with E-state index in [9.17, 15) is 9.59 Å². The van der Waals surface area contributed by atoms with Crippen molar-refractivity contribution in [3.05, 3.63) is 54.6 Å². The van der Waals surface area contributed by atoms with Gasteiger partial charge in [0.05, 0.1) is 24.8 Å². The van der Waals surface area contributed by atoms with Crippen molar-refractivity contribution in [1.29, 1.82) is 0 Å². The summed E-state index contributed by atoms with van der Waals surface area (Å²) < 4.78 is 5.62. The highest BCUT2D eigenvalue weighted by molar-refractivity contribution is 6.23. The van der Waals surface area contributed by atoms with Crippen molar-refractivity contribution in [2.45, 2.75) is 19.4 Å². The lowest BCUT2D eigenvalue weighted by atomic mass is 10.1. The van der Waals surface area contributed by atoms with Crippen LogP contribution in [0.3, 0.4) is 0 Å². The molecule has 2 saturated heterocycles. The van der Waals surface area contributed by atoms with Gasteiger partial charge in [-0.2, -0.15) is 0 Å². The third-order valence-corrected chi connectivity index (χ3v) is 5.41. The predicted octanol–water partition coefficient (Wildman–Crippen LogP) is 2.54. The maximum absolute atomic E-state index is 13.1. The summed E-state index contributed by atoms with van der Waals surface area (Å²) in [5.41, 5.74) is 1.74. The Balaban J connectivity index is 1.47. The number of carbonyl (C=O) groups excluding carboxylic acids is 2. The number of para-hydroxylation sites is 3. The molecule has 2 fully saturated rings. The van der Waals surface area contributed by atoms with Crippen LogP contribution in [0.15, 0.2) is 54.6 Å². The quantitative estimate of drug-likeness (QED) is 0.748. The number of carbonyl (C=O) groups is 2. The van der Waals surface area contributed by atoms with E-state index in [-0.39, 0.29) is 24.3 Å². The first-order chi connectivity index (χ1) is 13.7. The van der Waals surface area contributed by atoms with Gasteiger partial charge in [0.2, 0.25) is 5.91 Å². The Labute approximate surface area is 165 Å². The molecule has 0 radical (unpaired) electrons. The molecular formula is C22H25N3O3. The molecule has 0 aliphatic carbocycles. The Morgan fingerprint density at radius 1 is 0.929 bits per heavy atom. The lowest BCUT2D eigenvalue weighted by Gasteiger charge is -2.38. The minimum absolute atomic E-state index is 0.148. The molecule has 0 bridgehead atoms. The molecule has 0 aromatic heterocycles. The molecule has 6 heteroatoms. The van der Waals surface area contributed by atoms with E-state index in [1.165, 1.54) is 10.6 Å². The first-order valence-electron chi connectivity index (χ1n) is 9.81. The standard InChI is InChI=1S/C22H25N3O3/c1-2-28-20-11-7-6-10-18(20)25-21(26)16-19(22(25)27)24-14-12-23(13-15-24)17-8-4-3-5-9-17/h3-11,19H,2,12-16H2,1H3/t19-/m1/s1. The van der Waals surface area contributed by atoms with Crippen LogP contribution in [0.4, 0.5) is 11.4 Å². The lowest BCUT2D eigenvalue weighted by Crippen LogP contribution is -2.52. The molecule has 0 spiro atoms. The van der Waals surface area contributed by atoms with Crippen LogP contribution < -0.4 is 14.5 Å². The average Bonchev–Trinajstić information content (AvgIpc) is 3.03. The topological polar surface area (TPSA) is 53.1 Å². The average molecular weight is 379 g/mol. The SMILES string of the molecule is CCOc1ccccc1N1C(=O)C[C@@H](N2CCN(c3ccccc3)CC2)C1=O. The molecule has 28 heavy (non-hydrogen) atoms. The van der Waals surface area contributed by atoms with Gasteiger partial charge >= 0.3 is 0 Å². The molecule has 0 unspecified atom stereocenters. The molecule has 6 nitrogen and oxygen atoms in total. The Kier molecular flexibility index (Phi) is 5.30. The number of benzene rings is 2. The Hall–Kier alpha value is -2.86. The Bertz CT molecular complexity index is 847. The lowest BCUT2D eigenvalue weighted by molar-refractivity contribution is -0.123. The van der Waals surface area contributed by atoms with Crippen LogP contribution in [0.2, 0.25) is 0 Å². The van der Waals surface area contributed by atoms with E-state index in [2.05, 4.69) is 21.9 Å². The van der Waals surface area contributed by atoms with Crippen LogP contribution in [-0.2, 0) is 9.59 Å². The second-order valence-corrected chi connectivity index (χ2v) is 7.05.